The van der Waals surface area contributed by atoms with Gasteiger partial charge >= 0.3 is 6.03 Å². The second-order valence-electron chi connectivity index (χ2n) is 7.75. The Balaban J connectivity index is 1.24. The molecule has 0 saturated carbocycles. The van der Waals surface area contributed by atoms with Gasteiger partial charge in [-0.15, -0.1) is 5.10 Å². The molecule has 4 aromatic rings. The maximum absolute atomic E-state index is 12.7. The molecule has 1 saturated heterocycles. The fourth-order valence-corrected chi connectivity index (χ4v) is 3.85. The van der Waals surface area contributed by atoms with Crippen molar-refractivity contribution in [1.82, 2.24) is 35.2 Å². The molecule has 0 unspecified atom stereocenters. The van der Waals surface area contributed by atoms with Crippen LogP contribution in [0.4, 0.5) is 16.4 Å². The van der Waals surface area contributed by atoms with E-state index in [-0.39, 0.29) is 18.0 Å². The van der Waals surface area contributed by atoms with Crippen molar-refractivity contribution in [2.24, 2.45) is 0 Å². The first kappa shape index (κ1) is 20.6. The fourth-order valence-electron chi connectivity index (χ4n) is 3.85. The first-order valence-electron chi connectivity index (χ1n) is 10.8. The van der Waals surface area contributed by atoms with Crippen molar-refractivity contribution in [3.05, 3.63) is 54.5 Å². The Labute approximate surface area is 189 Å². The molecule has 1 aliphatic heterocycles. The topological polar surface area (TPSA) is 129 Å². The van der Waals surface area contributed by atoms with Gasteiger partial charge in [0.05, 0.1) is 17.2 Å². The van der Waals surface area contributed by atoms with Crippen LogP contribution in [0.1, 0.15) is 23.8 Å². The second kappa shape index (κ2) is 8.69. The molecular weight excluding hydrogens is 422 g/mol. The molecule has 0 aromatic carbocycles. The van der Waals surface area contributed by atoms with Crippen molar-refractivity contribution in [2.75, 3.05) is 29.9 Å². The Hall–Kier alpha value is -4.28. The number of hydrogen-bond donors (Lipinski definition) is 3. The number of amides is 3. The quantitative estimate of drug-likeness (QED) is 0.427. The van der Waals surface area contributed by atoms with E-state index in [1.165, 1.54) is 0 Å². The molecule has 33 heavy (non-hydrogen) atoms. The molecule has 3 N–H and O–H groups in total. The van der Waals surface area contributed by atoms with Crippen LogP contribution < -0.4 is 20.9 Å². The average Bonchev–Trinajstić information content (AvgIpc) is 3.44. The molecule has 1 atom stereocenters. The Kier molecular flexibility index (Phi) is 5.43. The summed E-state index contributed by atoms with van der Waals surface area (Å²) >= 11 is 0. The van der Waals surface area contributed by atoms with Crippen molar-refractivity contribution in [3.8, 4) is 0 Å². The van der Waals surface area contributed by atoms with E-state index < -0.39 is 0 Å². The van der Waals surface area contributed by atoms with Crippen LogP contribution in [0.2, 0.25) is 0 Å². The lowest BCUT2D eigenvalue weighted by Crippen LogP contribution is -2.37. The summed E-state index contributed by atoms with van der Waals surface area (Å²) in [4.78, 5) is 39.6. The predicted octanol–water partition coefficient (Wildman–Crippen LogP) is 1.82. The molecule has 5 rings (SSSR count). The predicted molar refractivity (Wildman–Crippen MR) is 123 cm³/mol. The summed E-state index contributed by atoms with van der Waals surface area (Å²) in [5.74, 6) is 0.998. The van der Waals surface area contributed by atoms with Gasteiger partial charge in [0.15, 0.2) is 11.5 Å². The standard InChI is InChI=1S/C22H23N9O2/c1-2-23-22(33)28-18-13-31-19(27-18)7-8-20(29-31)30-11-9-14(12-30)25-21(32)17-6-5-15-16(26-17)4-3-10-24-15/h3-8,10,13-14H,2,9,11-12H2,1H3,(H,25,32)(H2,23,28,33)/t14-/m0/s1. The normalized spacial score (nSPS) is 15.7. The number of nitrogens with zero attached hydrogens (tertiary/aromatic N) is 6. The maximum Gasteiger partial charge on any atom is 0.320 e. The molecule has 11 nitrogen and oxygen atoms in total. The van der Waals surface area contributed by atoms with Crippen LogP contribution >= 0.6 is 0 Å². The number of hydrogen-bond acceptors (Lipinski definition) is 7. The highest BCUT2D eigenvalue weighted by atomic mass is 16.2. The number of anilines is 2. The van der Waals surface area contributed by atoms with Gasteiger partial charge in [-0.2, -0.15) is 0 Å². The zero-order chi connectivity index (χ0) is 22.8. The van der Waals surface area contributed by atoms with Crippen LogP contribution in [-0.4, -0.2) is 62.2 Å². The number of fused-ring (bicyclic) bond motifs is 2. The van der Waals surface area contributed by atoms with E-state index >= 15 is 0 Å². The number of carbonyl (C=O) groups is 2. The smallest absolute Gasteiger partial charge is 0.320 e. The molecule has 0 radical (unpaired) electrons. The summed E-state index contributed by atoms with van der Waals surface area (Å²) in [6.45, 7) is 3.77. The van der Waals surface area contributed by atoms with Crippen molar-refractivity contribution in [3.63, 3.8) is 0 Å². The van der Waals surface area contributed by atoms with Gasteiger partial charge in [0, 0.05) is 31.9 Å². The van der Waals surface area contributed by atoms with Gasteiger partial charge in [-0.3, -0.25) is 15.1 Å². The summed E-state index contributed by atoms with van der Waals surface area (Å²) in [7, 11) is 0. The lowest BCUT2D eigenvalue weighted by molar-refractivity contribution is 0.0935. The Morgan fingerprint density at radius 1 is 1.12 bits per heavy atom. The van der Waals surface area contributed by atoms with Gasteiger partial charge in [-0.25, -0.2) is 19.3 Å². The minimum Gasteiger partial charge on any atom is -0.353 e. The summed E-state index contributed by atoms with van der Waals surface area (Å²) in [6.07, 6.45) is 4.17. The van der Waals surface area contributed by atoms with Crippen LogP contribution in [0.25, 0.3) is 16.7 Å². The highest BCUT2D eigenvalue weighted by Gasteiger charge is 2.26. The van der Waals surface area contributed by atoms with Gasteiger partial charge in [-0.1, -0.05) is 0 Å². The van der Waals surface area contributed by atoms with E-state index in [0.717, 1.165) is 24.3 Å². The van der Waals surface area contributed by atoms with Gasteiger partial charge in [0.25, 0.3) is 5.91 Å². The minimum absolute atomic E-state index is 0.0147. The average molecular weight is 445 g/mol. The fraction of sp³-hybridized carbons (Fsp3) is 0.273. The number of carbonyl (C=O) groups excluding carboxylic acids is 2. The summed E-state index contributed by atoms with van der Waals surface area (Å²) < 4.78 is 1.63. The third-order valence-corrected chi connectivity index (χ3v) is 5.42. The number of imidazole rings is 1. The zero-order valence-electron chi connectivity index (χ0n) is 18.0. The Morgan fingerprint density at radius 2 is 2.03 bits per heavy atom. The Morgan fingerprint density at radius 3 is 2.91 bits per heavy atom. The third kappa shape index (κ3) is 4.38. The molecule has 0 spiro atoms. The van der Waals surface area contributed by atoms with Crippen molar-refractivity contribution in [1.29, 1.82) is 0 Å². The molecule has 1 fully saturated rings. The zero-order valence-corrected chi connectivity index (χ0v) is 18.0. The van der Waals surface area contributed by atoms with Crippen molar-refractivity contribution >= 4 is 40.3 Å². The van der Waals surface area contributed by atoms with Crippen molar-refractivity contribution < 1.29 is 9.59 Å². The van der Waals surface area contributed by atoms with Crippen LogP contribution in [-0.2, 0) is 0 Å². The maximum atomic E-state index is 12.7. The molecule has 11 heteroatoms. The molecule has 4 aromatic heterocycles. The second-order valence-corrected chi connectivity index (χ2v) is 7.75. The van der Waals surface area contributed by atoms with Gasteiger partial charge in [-0.05, 0) is 49.7 Å². The monoisotopic (exact) mass is 445 g/mol. The summed E-state index contributed by atoms with van der Waals surface area (Å²) in [5, 5.41) is 13.0. The molecule has 1 aliphatic rings. The molecule has 5 heterocycles. The minimum atomic E-state index is -0.309. The molecular formula is C22H23N9O2. The lowest BCUT2D eigenvalue weighted by atomic mass is 10.2. The van der Waals surface area contributed by atoms with E-state index in [0.29, 0.717) is 35.8 Å². The van der Waals surface area contributed by atoms with E-state index in [1.807, 2.05) is 25.1 Å². The highest BCUT2D eigenvalue weighted by molar-refractivity contribution is 5.94. The van der Waals surface area contributed by atoms with Crippen LogP contribution in [0.5, 0.6) is 0 Å². The van der Waals surface area contributed by atoms with E-state index in [9.17, 15) is 9.59 Å². The number of aromatic nitrogens is 5. The number of rotatable bonds is 5. The van der Waals surface area contributed by atoms with Crippen LogP contribution in [0.3, 0.4) is 0 Å². The van der Waals surface area contributed by atoms with Crippen molar-refractivity contribution in [2.45, 2.75) is 19.4 Å². The summed E-state index contributed by atoms with van der Waals surface area (Å²) in [5.41, 5.74) is 2.45. The molecule has 0 aliphatic carbocycles. The molecule has 168 valence electrons. The van der Waals surface area contributed by atoms with Crippen LogP contribution in [0.15, 0.2) is 48.8 Å². The summed E-state index contributed by atoms with van der Waals surface area (Å²) in [6, 6.07) is 10.6. The third-order valence-electron chi connectivity index (χ3n) is 5.42. The van der Waals surface area contributed by atoms with Gasteiger partial charge < -0.3 is 15.5 Å². The van der Waals surface area contributed by atoms with Gasteiger partial charge in [0.2, 0.25) is 0 Å². The number of nitrogens with one attached hydrogen (secondary N) is 3. The van der Waals surface area contributed by atoms with E-state index in [4.69, 9.17) is 0 Å². The molecule has 0 bridgehead atoms. The van der Waals surface area contributed by atoms with E-state index in [1.54, 1.807) is 35.1 Å². The number of pyridine rings is 2. The van der Waals surface area contributed by atoms with E-state index in [2.05, 4.69) is 40.9 Å². The first-order valence-corrected chi connectivity index (χ1v) is 10.8. The van der Waals surface area contributed by atoms with Crippen LogP contribution in [0, 0.1) is 0 Å². The highest BCUT2D eigenvalue weighted by Crippen LogP contribution is 2.20. The lowest BCUT2D eigenvalue weighted by Gasteiger charge is -2.17. The molecule has 3 amide bonds. The largest absolute Gasteiger partial charge is 0.353 e. The van der Waals surface area contributed by atoms with Gasteiger partial charge in [0.1, 0.15) is 11.5 Å². The number of urea groups is 1. The Bertz CT molecular complexity index is 1340. The SMILES string of the molecule is CCNC(=O)Nc1cn2nc(N3CC[C@H](NC(=O)c4ccc5ncccc5n4)C3)ccc2n1. The first-order chi connectivity index (χ1) is 16.1.